The van der Waals surface area contributed by atoms with Crippen molar-refractivity contribution >= 4 is 5.91 Å². The molecule has 1 fully saturated rings. The molecule has 16 heavy (non-hydrogen) atoms. The van der Waals surface area contributed by atoms with Crippen LogP contribution in [-0.4, -0.2) is 37.0 Å². The van der Waals surface area contributed by atoms with E-state index >= 15 is 0 Å². The van der Waals surface area contributed by atoms with E-state index in [0.717, 1.165) is 38.8 Å². The van der Waals surface area contributed by atoms with E-state index in [1.54, 1.807) is 0 Å². The maximum Gasteiger partial charge on any atom is 0.226 e. The molecule has 0 aromatic rings. The average Bonchev–Trinajstić information content (AvgIpc) is 2.39. The number of piperidine rings is 1. The quantitative estimate of drug-likeness (QED) is 0.719. The van der Waals surface area contributed by atoms with Gasteiger partial charge in [-0.05, 0) is 39.2 Å². The number of carbonyl (C=O) groups excluding carboxylic acids is 1. The first-order valence-electron chi connectivity index (χ1n) is 6.42. The van der Waals surface area contributed by atoms with Crippen LogP contribution in [0.15, 0.2) is 12.2 Å². The number of rotatable bonds is 2. The summed E-state index contributed by atoms with van der Waals surface area (Å²) in [5.74, 6) is 0.630. The normalized spacial score (nSPS) is 30.4. The predicted molar refractivity (Wildman–Crippen MR) is 65.1 cm³/mol. The second kappa shape index (κ2) is 5.48. The molecule has 0 spiro atoms. The molecule has 2 aliphatic rings. The van der Waals surface area contributed by atoms with Gasteiger partial charge in [-0.3, -0.25) is 4.79 Å². The minimum Gasteiger partial charge on any atom is -0.341 e. The average molecular weight is 222 g/mol. The van der Waals surface area contributed by atoms with E-state index in [1.807, 2.05) is 7.05 Å². The summed E-state index contributed by atoms with van der Waals surface area (Å²) in [6.07, 6.45) is 9.74. The number of nitrogens with zero attached hydrogens (tertiary/aromatic N) is 1. The lowest BCUT2D eigenvalue weighted by molar-refractivity contribution is -0.137. The molecule has 3 heteroatoms. The molecule has 0 radical (unpaired) electrons. The van der Waals surface area contributed by atoms with E-state index in [4.69, 9.17) is 0 Å². The number of allylic oxidation sites excluding steroid dienone is 2. The smallest absolute Gasteiger partial charge is 0.226 e. The van der Waals surface area contributed by atoms with E-state index in [9.17, 15) is 4.79 Å². The molecule has 0 saturated carbocycles. The van der Waals surface area contributed by atoms with Crippen LogP contribution in [0.3, 0.4) is 0 Å². The minimum absolute atomic E-state index is 0.251. The second-order valence-corrected chi connectivity index (χ2v) is 4.89. The maximum absolute atomic E-state index is 12.3. The molecule has 0 bridgehead atoms. The Morgan fingerprint density at radius 3 is 2.94 bits per heavy atom. The minimum atomic E-state index is 0.251. The summed E-state index contributed by atoms with van der Waals surface area (Å²) < 4.78 is 0. The molecular weight excluding hydrogens is 200 g/mol. The molecular formula is C13H22N2O. The standard InChI is InChI=1S/C13H22N2O/c1-14-12-8-5-9-15(10-12)13(16)11-6-3-2-4-7-11/h2-3,11-12,14H,4-10H2,1H3. The van der Waals surface area contributed by atoms with Crippen LogP contribution in [0.25, 0.3) is 0 Å². The number of carbonyl (C=O) groups is 1. The van der Waals surface area contributed by atoms with Crippen molar-refractivity contribution in [1.29, 1.82) is 0 Å². The highest BCUT2D eigenvalue weighted by molar-refractivity contribution is 5.79. The molecule has 0 aromatic carbocycles. The number of likely N-dealkylation sites (N-methyl/N-ethyl adjacent to an activating group) is 1. The zero-order valence-electron chi connectivity index (χ0n) is 10.1. The van der Waals surface area contributed by atoms with Gasteiger partial charge in [0.15, 0.2) is 0 Å². The third-order valence-corrected chi connectivity index (χ3v) is 3.76. The summed E-state index contributed by atoms with van der Waals surface area (Å²) in [6.45, 7) is 1.85. The maximum atomic E-state index is 12.3. The van der Waals surface area contributed by atoms with Crippen LogP contribution < -0.4 is 5.32 Å². The zero-order chi connectivity index (χ0) is 11.4. The molecule has 2 unspecified atom stereocenters. The van der Waals surface area contributed by atoms with E-state index in [1.165, 1.54) is 6.42 Å². The van der Waals surface area contributed by atoms with Crippen molar-refractivity contribution in [3.05, 3.63) is 12.2 Å². The van der Waals surface area contributed by atoms with Crippen LogP contribution in [0.2, 0.25) is 0 Å². The fourth-order valence-electron chi connectivity index (χ4n) is 2.69. The molecule has 1 aliphatic carbocycles. The van der Waals surface area contributed by atoms with Gasteiger partial charge in [0.1, 0.15) is 0 Å². The summed E-state index contributed by atoms with van der Waals surface area (Å²) in [7, 11) is 1.99. The lowest BCUT2D eigenvalue weighted by atomic mass is 9.92. The number of hydrogen-bond acceptors (Lipinski definition) is 2. The van der Waals surface area contributed by atoms with E-state index < -0.39 is 0 Å². The van der Waals surface area contributed by atoms with Gasteiger partial charge in [-0.25, -0.2) is 0 Å². The van der Waals surface area contributed by atoms with Gasteiger partial charge in [0.05, 0.1) is 0 Å². The van der Waals surface area contributed by atoms with Crippen LogP contribution in [0.5, 0.6) is 0 Å². The second-order valence-electron chi connectivity index (χ2n) is 4.89. The largest absolute Gasteiger partial charge is 0.341 e. The van der Waals surface area contributed by atoms with Crippen molar-refractivity contribution in [3.63, 3.8) is 0 Å². The predicted octanol–water partition coefficient (Wildman–Crippen LogP) is 1.55. The first-order valence-corrected chi connectivity index (χ1v) is 6.42. The van der Waals surface area contributed by atoms with E-state index in [-0.39, 0.29) is 5.92 Å². The molecule has 1 N–H and O–H groups in total. The summed E-state index contributed by atoms with van der Waals surface area (Å²) in [4.78, 5) is 14.3. The van der Waals surface area contributed by atoms with Gasteiger partial charge in [-0.2, -0.15) is 0 Å². The van der Waals surface area contributed by atoms with Crippen LogP contribution in [-0.2, 0) is 4.79 Å². The highest BCUT2D eigenvalue weighted by atomic mass is 16.2. The third kappa shape index (κ3) is 2.64. The van der Waals surface area contributed by atoms with Crippen molar-refractivity contribution in [2.24, 2.45) is 5.92 Å². The Bertz CT molecular complexity index is 275. The molecule has 90 valence electrons. The van der Waals surface area contributed by atoms with Crippen LogP contribution >= 0.6 is 0 Å². The van der Waals surface area contributed by atoms with Gasteiger partial charge in [0.2, 0.25) is 5.91 Å². The number of likely N-dealkylation sites (tertiary alicyclic amines) is 1. The zero-order valence-corrected chi connectivity index (χ0v) is 10.1. The van der Waals surface area contributed by atoms with Crippen LogP contribution in [0.4, 0.5) is 0 Å². The lowest BCUT2D eigenvalue weighted by Gasteiger charge is -2.35. The topological polar surface area (TPSA) is 32.3 Å². The van der Waals surface area contributed by atoms with Crippen molar-refractivity contribution in [3.8, 4) is 0 Å². The molecule has 2 atom stereocenters. The summed E-state index contributed by atoms with van der Waals surface area (Å²) in [5.41, 5.74) is 0. The number of hydrogen-bond donors (Lipinski definition) is 1. The van der Waals surface area contributed by atoms with Crippen molar-refractivity contribution < 1.29 is 4.79 Å². The third-order valence-electron chi connectivity index (χ3n) is 3.76. The SMILES string of the molecule is CNC1CCCN(C(=O)C2CC=CCC2)C1. The van der Waals surface area contributed by atoms with Gasteiger partial charge >= 0.3 is 0 Å². The lowest BCUT2D eigenvalue weighted by Crippen LogP contribution is -2.48. The number of nitrogens with one attached hydrogen (secondary N) is 1. The molecule has 1 aliphatic heterocycles. The highest BCUT2D eigenvalue weighted by Crippen LogP contribution is 2.22. The van der Waals surface area contributed by atoms with Crippen molar-refractivity contribution in [2.45, 2.75) is 38.1 Å². The first-order chi connectivity index (χ1) is 7.81. The molecule has 1 heterocycles. The Morgan fingerprint density at radius 1 is 1.38 bits per heavy atom. The van der Waals surface area contributed by atoms with Gasteiger partial charge in [0, 0.05) is 25.0 Å². The fraction of sp³-hybridized carbons (Fsp3) is 0.769. The summed E-state index contributed by atoms with van der Waals surface area (Å²) in [6, 6.07) is 0.497. The first kappa shape index (κ1) is 11.6. The monoisotopic (exact) mass is 222 g/mol. The van der Waals surface area contributed by atoms with Gasteiger partial charge < -0.3 is 10.2 Å². The van der Waals surface area contributed by atoms with Crippen molar-refractivity contribution in [2.75, 3.05) is 20.1 Å². The molecule has 1 amide bonds. The Kier molecular flexibility index (Phi) is 3.99. The fourth-order valence-corrected chi connectivity index (χ4v) is 2.69. The van der Waals surface area contributed by atoms with Gasteiger partial charge in [-0.15, -0.1) is 0 Å². The van der Waals surface area contributed by atoms with Crippen molar-refractivity contribution in [1.82, 2.24) is 10.2 Å². The Hall–Kier alpha value is -0.830. The van der Waals surface area contributed by atoms with E-state index in [2.05, 4.69) is 22.4 Å². The highest BCUT2D eigenvalue weighted by Gasteiger charge is 2.28. The van der Waals surface area contributed by atoms with Gasteiger partial charge in [0.25, 0.3) is 0 Å². The molecule has 3 nitrogen and oxygen atoms in total. The van der Waals surface area contributed by atoms with Gasteiger partial charge in [-0.1, -0.05) is 12.2 Å². The van der Waals surface area contributed by atoms with E-state index in [0.29, 0.717) is 11.9 Å². The van der Waals surface area contributed by atoms with Crippen LogP contribution in [0, 0.1) is 5.92 Å². The molecule has 2 rings (SSSR count). The Labute approximate surface area is 97.9 Å². The Balaban J connectivity index is 1.90. The summed E-state index contributed by atoms with van der Waals surface area (Å²) >= 11 is 0. The number of amides is 1. The summed E-state index contributed by atoms with van der Waals surface area (Å²) in [5, 5.41) is 3.28. The molecule has 1 saturated heterocycles. The molecule has 0 aromatic heterocycles. The van der Waals surface area contributed by atoms with Crippen LogP contribution in [0.1, 0.15) is 32.1 Å². The Morgan fingerprint density at radius 2 is 2.25 bits per heavy atom.